The number of ether oxygens (including phenoxy) is 1. The highest BCUT2D eigenvalue weighted by atomic mass is 32.2. The van der Waals surface area contributed by atoms with Crippen LogP contribution in [0.1, 0.15) is 11.8 Å². The van der Waals surface area contributed by atoms with Crippen LogP contribution in [0.3, 0.4) is 0 Å². The fourth-order valence-corrected chi connectivity index (χ4v) is 4.18. The summed E-state index contributed by atoms with van der Waals surface area (Å²) in [7, 11) is 0. The summed E-state index contributed by atoms with van der Waals surface area (Å²) < 4.78 is 7.08. The number of thioether (sulfide) groups is 1. The molecule has 3 aromatic rings. The first-order valence-corrected chi connectivity index (χ1v) is 9.86. The number of benzene rings is 1. The summed E-state index contributed by atoms with van der Waals surface area (Å²) >= 11 is 1.52. The second-order valence-corrected chi connectivity index (χ2v) is 7.61. The van der Waals surface area contributed by atoms with E-state index in [2.05, 4.69) is 27.1 Å². The molecule has 0 amide bonds. The van der Waals surface area contributed by atoms with Gasteiger partial charge in [-0.15, -0.1) is 11.8 Å². The number of hydrogen-bond acceptors (Lipinski definition) is 9. The van der Waals surface area contributed by atoms with E-state index in [4.69, 9.17) is 10.5 Å². The molecule has 3 heterocycles. The number of aliphatic hydroxyl groups is 3. The van der Waals surface area contributed by atoms with Crippen LogP contribution in [0.4, 0.5) is 5.95 Å². The first-order valence-electron chi connectivity index (χ1n) is 8.87. The van der Waals surface area contributed by atoms with Gasteiger partial charge < -0.3 is 25.8 Å². The molecule has 9 nitrogen and oxygen atoms in total. The smallest absolute Gasteiger partial charge is 0.223 e. The van der Waals surface area contributed by atoms with Crippen molar-refractivity contribution in [2.24, 2.45) is 0 Å². The third-order valence-electron chi connectivity index (χ3n) is 4.67. The van der Waals surface area contributed by atoms with Crippen molar-refractivity contribution >= 4 is 28.9 Å². The zero-order chi connectivity index (χ0) is 19.7. The molecule has 1 aliphatic rings. The van der Waals surface area contributed by atoms with Crippen molar-refractivity contribution in [3.8, 4) is 0 Å². The Kier molecular flexibility index (Phi) is 5.47. The zero-order valence-corrected chi connectivity index (χ0v) is 15.7. The SMILES string of the molecule is Nc1nc(SCCc2ccccc2)c2ncn([C@H]3O[C@@H](CO)[C@@H](O)[C@@H]3O)c2n1. The van der Waals surface area contributed by atoms with Crippen LogP contribution in [-0.2, 0) is 11.2 Å². The van der Waals surface area contributed by atoms with Crippen molar-refractivity contribution in [3.05, 3.63) is 42.2 Å². The lowest BCUT2D eigenvalue weighted by atomic mass is 10.1. The Morgan fingerprint density at radius 3 is 2.64 bits per heavy atom. The van der Waals surface area contributed by atoms with Crippen molar-refractivity contribution in [3.63, 3.8) is 0 Å². The van der Waals surface area contributed by atoms with E-state index in [1.807, 2.05) is 18.2 Å². The minimum atomic E-state index is -1.22. The Labute approximate surface area is 165 Å². The maximum absolute atomic E-state index is 10.3. The molecule has 4 atom stereocenters. The largest absolute Gasteiger partial charge is 0.394 e. The Hall–Kier alpha value is -2.24. The minimum absolute atomic E-state index is 0.0863. The third-order valence-corrected chi connectivity index (χ3v) is 5.64. The lowest BCUT2D eigenvalue weighted by molar-refractivity contribution is -0.0511. The van der Waals surface area contributed by atoms with Crippen LogP contribution in [0.15, 0.2) is 41.7 Å². The summed E-state index contributed by atoms with van der Waals surface area (Å²) in [4.78, 5) is 12.9. The van der Waals surface area contributed by atoms with Gasteiger partial charge in [-0.25, -0.2) is 9.97 Å². The number of aliphatic hydroxyl groups excluding tert-OH is 3. The summed E-state index contributed by atoms with van der Waals surface area (Å²) in [5, 5.41) is 30.2. The highest BCUT2D eigenvalue weighted by Crippen LogP contribution is 2.33. The summed E-state index contributed by atoms with van der Waals surface area (Å²) in [6.07, 6.45) is -1.89. The lowest BCUT2D eigenvalue weighted by Gasteiger charge is -2.16. The number of nitrogens with zero attached hydrogens (tertiary/aromatic N) is 4. The van der Waals surface area contributed by atoms with Crippen LogP contribution in [0.2, 0.25) is 0 Å². The third kappa shape index (κ3) is 3.56. The molecule has 1 aromatic carbocycles. The molecule has 1 fully saturated rings. The fraction of sp³-hybridized carbons (Fsp3) is 0.389. The molecule has 0 saturated carbocycles. The van der Waals surface area contributed by atoms with Gasteiger partial charge in [0.25, 0.3) is 0 Å². The van der Waals surface area contributed by atoms with Gasteiger partial charge in [-0.2, -0.15) is 4.98 Å². The second-order valence-electron chi connectivity index (χ2n) is 6.52. The molecule has 0 bridgehead atoms. The Balaban J connectivity index is 1.58. The molecule has 0 radical (unpaired) electrons. The number of imidazole rings is 1. The van der Waals surface area contributed by atoms with Crippen LogP contribution in [0, 0.1) is 0 Å². The topological polar surface area (TPSA) is 140 Å². The Morgan fingerprint density at radius 2 is 1.93 bits per heavy atom. The van der Waals surface area contributed by atoms with E-state index in [1.54, 1.807) is 0 Å². The highest BCUT2D eigenvalue weighted by molar-refractivity contribution is 7.99. The molecule has 28 heavy (non-hydrogen) atoms. The summed E-state index contributed by atoms with van der Waals surface area (Å²) in [6, 6.07) is 10.1. The average molecular weight is 403 g/mol. The normalized spacial score (nSPS) is 24.8. The maximum atomic E-state index is 10.3. The van der Waals surface area contributed by atoms with E-state index in [9.17, 15) is 15.3 Å². The van der Waals surface area contributed by atoms with Crippen LogP contribution < -0.4 is 5.73 Å². The molecule has 0 unspecified atom stereocenters. The molecular weight excluding hydrogens is 382 g/mol. The van der Waals surface area contributed by atoms with Crippen molar-refractivity contribution in [2.75, 3.05) is 18.1 Å². The molecule has 0 aliphatic carbocycles. The predicted octanol–water partition coefficient (Wildman–Crippen LogP) is 0.355. The standard InChI is InChI=1S/C18H21N5O4S/c19-18-21-15-12(16(22-18)28-7-6-10-4-2-1-3-5-10)20-9-23(15)17-14(26)13(25)11(8-24)27-17/h1-5,9,11,13-14,17,24-26H,6-8H2,(H2,19,21,22)/t11-,13+,14-,17-/m0/s1. The highest BCUT2D eigenvalue weighted by Gasteiger charge is 2.44. The molecule has 5 N–H and O–H groups in total. The molecule has 2 aromatic heterocycles. The number of aromatic nitrogens is 4. The average Bonchev–Trinajstić information content (AvgIpc) is 3.24. The molecule has 1 aliphatic heterocycles. The molecule has 10 heteroatoms. The summed E-state index contributed by atoms with van der Waals surface area (Å²) in [6.45, 7) is -0.404. The van der Waals surface area contributed by atoms with Gasteiger partial charge in [0.15, 0.2) is 11.9 Å². The summed E-state index contributed by atoms with van der Waals surface area (Å²) in [5.74, 6) is 0.874. The number of fused-ring (bicyclic) bond motifs is 1. The molecular formula is C18H21N5O4S. The number of anilines is 1. The van der Waals surface area contributed by atoms with Gasteiger partial charge in [-0.3, -0.25) is 4.57 Å². The van der Waals surface area contributed by atoms with Gasteiger partial charge in [0.1, 0.15) is 28.9 Å². The van der Waals surface area contributed by atoms with E-state index in [0.29, 0.717) is 16.2 Å². The minimum Gasteiger partial charge on any atom is -0.394 e. The van der Waals surface area contributed by atoms with E-state index in [-0.39, 0.29) is 5.95 Å². The van der Waals surface area contributed by atoms with Crippen LogP contribution >= 0.6 is 11.8 Å². The van der Waals surface area contributed by atoms with E-state index in [0.717, 1.165) is 12.2 Å². The molecule has 1 saturated heterocycles. The lowest BCUT2D eigenvalue weighted by Crippen LogP contribution is -2.33. The Bertz CT molecular complexity index is 954. The fourth-order valence-electron chi connectivity index (χ4n) is 3.21. The molecule has 4 rings (SSSR count). The van der Waals surface area contributed by atoms with Crippen LogP contribution in [0.5, 0.6) is 0 Å². The maximum Gasteiger partial charge on any atom is 0.223 e. The number of nitrogens with two attached hydrogens (primary N) is 1. The zero-order valence-electron chi connectivity index (χ0n) is 14.9. The second kappa shape index (κ2) is 8.02. The van der Waals surface area contributed by atoms with Crippen molar-refractivity contribution in [1.82, 2.24) is 19.5 Å². The van der Waals surface area contributed by atoms with Gasteiger partial charge >= 0.3 is 0 Å². The monoisotopic (exact) mass is 403 g/mol. The quantitative estimate of drug-likeness (QED) is 0.339. The van der Waals surface area contributed by atoms with Crippen LogP contribution in [-0.4, -0.2) is 65.5 Å². The molecule has 0 spiro atoms. The van der Waals surface area contributed by atoms with E-state index in [1.165, 1.54) is 28.2 Å². The summed E-state index contributed by atoms with van der Waals surface area (Å²) in [5.41, 5.74) is 8.06. The molecule has 148 valence electrons. The number of aryl methyl sites for hydroxylation is 1. The Morgan fingerprint density at radius 1 is 1.14 bits per heavy atom. The van der Waals surface area contributed by atoms with Crippen molar-refractivity contribution in [2.45, 2.75) is 36.0 Å². The predicted molar refractivity (Wildman–Crippen MR) is 104 cm³/mol. The van der Waals surface area contributed by atoms with Gasteiger partial charge in [0, 0.05) is 5.75 Å². The first-order chi connectivity index (χ1) is 13.6. The van der Waals surface area contributed by atoms with Crippen molar-refractivity contribution in [1.29, 1.82) is 0 Å². The number of hydrogen-bond donors (Lipinski definition) is 4. The van der Waals surface area contributed by atoms with Crippen LogP contribution in [0.25, 0.3) is 11.2 Å². The van der Waals surface area contributed by atoms with E-state index >= 15 is 0 Å². The van der Waals surface area contributed by atoms with Gasteiger partial charge in [-0.1, -0.05) is 30.3 Å². The van der Waals surface area contributed by atoms with E-state index < -0.39 is 31.1 Å². The number of rotatable bonds is 6. The first kappa shape index (κ1) is 19.1. The number of nitrogen functional groups attached to an aromatic ring is 1. The van der Waals surface area contributed by atoms with Gasteiger partial charge in [-0.05, 0) is 12.0 Å². The van der Waals surface area contributed by atoms with Gasteiger partial charge in [0.2, 0.25) is 5.95 Å². The van der Waals surface area contributed by atoms with Crippen molar-refractivity contribution < 1.29 is 20.1 Å². The van der Waals surface area contributed by atoms with Gasteiger partial charge in [0.05, 0.1) is 12.9 Å².